The second-order valence-corrected chi connectivity index (χ2v) is 5.73. The third-order valence-corrected chi connectivity index (χ3v) is 4.25. The lowest BCUT2D eigenvalue weighted by Gasteiger charge is -1.98. The van der Waals surface area contributed by atoms with Crippen molar-refractivity contribution in [2.75, 3.05) is 13.6 Å². The van der Waals surface area contributed by atoms with Gasteiger partial charge in [0.2, 0.25) is 10.0 Å². The van der Waals surface area contributed by atoms with E-state index in [4.69, 9.17) is 5.11 Å². The molecule has 0 fully saturated rings. The molecule has 1 aromatic heterocycles. The fourth-order valence-electron chi connectivity index (χ4n) is 0.940. The van der Waals surface area contributed by atoms with E-state index in [0.717, 1.165) is 11.3 Å². The van der Waals surface area contributed by atoms with Gasteiger partial charge in [0, 0.05) is 5.38 Å². The van der Waals surface area contributed by atoms with E-state index in [1.807, 2.05) is 0 Å². The first-order valence-corrected chi connectivity index (χ1v) is 6.75. The third-order valence-electron chi connectivity index (χ3n) is 1.78. The Morgan fingerprint density at radius 1 is 1.47 bits per heavy atom. The number of hydrogen-bond donors (Lipinski definition) is 3. The van der Waals surface area contributed by atoms with Crippen molar-refractivity contribution >= 4 is 33.2 Å². The summed E-state index contributed by atoms with van der Waals surface area (Å²) in [5.41, 5.74) is 0. The minimum Gasteiger partial charge on any atom is -0.480 e. The highest BCUT2D eigenvalue weighted by molar-refractivity contribution is 7.89. The Kier molecular flexibility index (Phi) is 4.21. The molecule has 0 aliphatic carbocycles. The van der Waals surface area contributed by atoms with Gasteiger partial charge >= 0.3 is 5.97 Å². The average molecular weight is 278 g/mol. The number of carbonyl (C=O) groups is 2. The van der Waals surface area contributed by atoms with Crippen LogP contribution >= 0.6 is 11.3 Å². The molecule has 3 N–H and O–H groups in total. The fourth-order valence-corrected chi connectivity index (χ4v) is 2.86. The smallest absolute Gasteiger partial charge is 0.322 e. The molecule has 9 heteroatoms. The standard InChI is InChI=1S/C8H10N2O5S2/c1-9-17(14,15)5-2-6(16-4-5)8(13)10-3-7(11)12/h2,4,9H,3H2,1H3,(H,10,13)(H,11,12). The summed E-state index contributed by atoms with van der Waals surface area (Å²) in [5, 5.41) is 11.8. The molecule has 0 aliphatic rings. The van der Waals surface area contributed by atoms with Crippen LogP contribution in [0.5, 0.6) is 0 Å². The number of carboxylic acids is 1. The SMILES string of the molecule is CNS(=O)(=O)c1csc(C(=O)NCC(=O)O)c1. The molecule has 1 heterocycles. The van der Waals surface area contributed by atoms with Gasteiger partial charge in [0.1, 0.15) is 6.54 Å². The van der Waals surface area contributed by atoms with Gasteiger partial charge in [-0.3, -0.25) is 9.59 Å². The molecule has 0 saturated heterocycles. The lowest BCUT2D eigenvalue weighted by Crippen LogP contribution is -2.28. The second-order valence-electron chi connectivity index (χ2n) is 2.93. The molecule has 0 radical (unpaired) electrons. The third kappa shape index (κ3) is 3.51. The molecule has 1 rings (SSSR count). The van der Waals surface area contributed by atoms with E-state index in [9.17, 15) is 18.0 Å². The summed E-state index contributed by atoms with van der Waals surface area (Å²) in [6.45, 7) is -0.509. The van der Waals surface area contributed by atoms with Crippen molar-refractivity contribution in [1.82, 2.24) is 10.0 Å². The number of amides is 1. The number of carbonyl (C=O) groups excluding carboxylic acids is 1. The maximum atomic E-state index is 11.4. The second kappa shape index (κ2) is 5.25. The molecule has 94 valence electrons. The van der Waals surface area contributed by atoms with Crippen LogP contribution in [0.1, 0.15) is 9.67 Å². The molecule has 0 aliphatic heterocycles. The molecule has 7 nitrogen and oxygen atoms in total. The topological polar surface area (TPSA) is 113 Å². The summed E-state index contributed by atoms with van der Waals surface area (Å²) in [6, 6.07) is 1.19. The Hall–Kier alpha value is -1.45. The van der Waals surface area contributed by atoms with Crippen molar-refractivity contribution in [3.8, 4) is 0 Å². The van der Waals surface area contributed by atoms with E-state index in [2.05, 4.69) is 10.0 Å². The van der Waals surface area contributed by atoms with Crippen LogP contribution in [0.2, 0.25) is 0 Å². The Balaban J connectivity index is 2.82. The predicted molar refractivity (Wildman–Crippen MR) is 60.5 cm³/mol. The van der Waals surface area contributed by atoms with Crippen LogP contribution in [-0.4, -0.2) is 39.0 Å². The first kappa shape index (κ1) is 13.6. The van der Waals surface area contributed by atoms with Crippen LogP contribution in [0.4, 0.5) is 0 Å². The van der Waals surface area contributed by atoms with Crippen molar-refractivity contribution in [2.45, 2.75) is 4.90 Å². The van der Waals surface area contributed by atoms with Gasteiger partial charge in [-0.05, 0) is 13.1 Å². The van der Waals surface area contributed by atoms with Crippen molar-refractivity contribution in [3.05, 3.63) is 16.3 Å². The minimum absolute atomic E-state index is 0.0227. The van der Waals surface area contributed by atoms with Gasteiger partial charge in [-0.25, -0.2) is 13.1 Å². The van der Waals surface area contributed by atoms with Crippen molar-refractivity contribution < 1.29 is 23.1 Å². The summed E-state index contributed by atoms with van der Waals surface area (Å²) in [6.07, 6.45) is 0. The summed E-state index contributed by atoms with van der Waals surface area (Å²) in [5.74, 6) is -1.78. The number of thiophene rings is 1. The summed E-state index contributed by atoms with van der Waals surface area (Å²) in [4.78, 5) is 21.7. The molecule has 0 atom stereocenters. The highest BCUT2D eigenvalue weighted by Crippen LogP contribution is 2.18. The molecule has 0 aromatic carbocycles. The van der Waals surface area contributed by atoms with Gasteiger partial charge in [-0.1, -0.05) is 0 Å². The first-order valence-electron chi connectivity index (χ1n) is 4.39. The number of hydrogen-bond acceptors (Lipinski definition) is 5. The Bertz CT molecular complexity index is 534. The molecule has 17 heavy (non-hydrogen) atoms. The summed E-state index contributed by atoms with van der Waals surface area (Å²) < 4.78 is 24.9. The largest absolute Gasteiger partial charge is 0.480 e. The fraction of sp³-hybridized carbons (Fsp3) is 0.250. The van der Waals surface area contributed by atoms with Gasteiger partial charge in [-0.15, -0.1) is 11.3 Å². The Morgan fingerprint density at radius 2 is 2.12 bits per heavy atom. The number of rotatable bonds is 5. The monoisotopic (exact) mass is 278 g/mol. The van der Waals surface area contributed by atoms with E-state index in [1.165, 1.54) is 18.5 Å². The minimum atomic E-state index is -3.58. The highest BCUT2D eigenvalue weighted by atomic mass is 32.2. The van der Waals surface area contributed by atoms with E-state index in [1.54, 1.807) is 0 Å². The Morgan fingerprint density at radius 3 is 2.65 bits per heavy atom. The molecule has 0 unspecified atom stereocenters. The molecule has 0 saturated carbocycles. The van der Waals surface area contributed by atoms with Crippen LogP contribution in [0.3, 0.4) is 0 Å². The predicted octanol–water partition coefficient (Wildman–Crippen LogP) is -0.529. The summed E-state index contributed by atoms with van der Waals surface area (Å²) in [7, 11) is -2.32. The van der Waals surface area contributed by atoms with E-state index >= 15 is 0 Å². The van der Waals surface area contributed by atoms with Crippen molar-refractivity contribution in [3.63, 3.8) is 0 Å². The van der Waals surface area contributed by atoms with E-state index in [-0.39, 0.29) is 9.77 Å². The van der Waals surface area contributed by atoms with Crippen molar-refractivity contribution in [1.29, 1.82) is 0 Å². The molecule has 1 amide bonds. The van der Waals surface area contributed by atoms with Crippen molar-refractivity contribution in [2.24, 2.45) is 0 Å². The number of aliphatic carboxylic acids is 1. The maximum Gasteiger partial charge on any atom is 0.322 e. The van der Waals surface area contributed by atoms with Crippen LogP contribution in [-0.2, 0) is 14.8 Å². The number of carboxylic acid groups (broad SMARTS) is 1. The summed E-state index contributed by atoms with van der Waals surface area (Å²) >= 11 is 0.927. The van der Waals surface area contributed by atoms with E-state index in [0.29, 0.717) is 0 Å². The van der Waals surface area contributed by atoms with Gasteiger partial charge in [0.05, 0.1) is 9.77 Å². The quantitative estimate of drug-likeness (QED) is 0.670. The zero-order chi connectivity index (χ0) is 13.1. The maximum absolute atomic E-state index is 11.4. The normalized spacial score (nSPS) is 11.1. The van der Waals surface area contributed by atoms with Crippen LogP contribution < -0.4 is 10.0 Å². The van der Waals surface area contributed by atoms with Gasteiger partial charge in [-0.2, -0.15) is 0 Å². The first-order chi connectivity index (χ1) is 7.86. The Labute approximate surface area is 102 Å². The average Bonchev–Trinajstić information content (AvgIpc) is 2.75. The molecule has 0 bridgehead atoms. The van der Waals surface area contributed by atoms with Gasteiger partial charge < -0.3 is 10.4 Å². The van der Waals surface area contributed by atoms with E-state index < -0.39 is 28.4 Å². The van der Waals surface area contributed by atoms with Crippen LogP contribution in [0.15, 0.2) is 16.3 Å². The molecule has 1 aromatic rings. The molecule has 0 spiro atoms. The molecular formula is C8H10N2O5S2. The highest BCUT2D eigenvalue weighted by Gasteiger charge is 2.17. The lowest BCUT2D eigenvalue weighted by atomic mass is 10.4. The zero-order valence-electron chi connectivity index (χ0n) is 8.76. The zero-order valence-corrected chi connectivity index (χ0v) is 10.4. The lowest BCUT2D eigenvalue weighted by molar-refractivity contribution is -0.135. The van der Waals surface area contributed by atoms with Crippen LogP contribution in [0.25, 0.3) is 0 Å². The van der Waals surface area contributed by atoms with Gasteiger partial charge in [0.25, 0.3) is 5.91 Å². The van der Waals surface area contributed by atoms with Crippen LogP contribution in [0, 0.1) is 0 Å². The van der Waals surface area contributed by atoms with Gasteiger partial charge in [0.15, 0.2) is 0 Å². The number of sulfonamides is 1. The molecular weight excluding hydrogens is 268 g/mol. The number of nitrogens with one attached hydrogen (secondary N) is 2.